The average molecular weight is 250 g/mol. The minimum absolute atomic E-state index is 0.725. The van der Waals surface area contributed by atoms with Crippen LogP contribution in [0.15, 0.2) is 24.5 Å². The van der Waals surface area contributed by atoms with Gasteiger partial charge in [0.15, 0.2) is 0 Å². The summed E-state index contributed by atoms with van der Waals surface area (Å²) in [5.41, 5.74) is 1.84. The quantitative estimate of drug-likeness (QED) is 0.902. The molecule has 1 N–H and O–H groups in total. The first-order valence-electron chi connectivity index (χ1n) is 5.60. The molecule has 0 saturated heterocycles. The van der Waals surface area contributed by atoms with Crippen molar-refractivity contribution < 1.29 is 0 Å². The zero-order valence-electron chi connectivity index (χ0n) is 9.17. The number of benzene rings is 1. The van der Waals surface area contributed by atoms with Gasteiger partial charge in [-0.3, -0.25) is 0 Å². The second-order valence-corrected chi connectivity index (χ2v) is 4.65. The highest BCUT2D eigenvalue weighted by Gasteiger charge is 2.20. The van der Waals surface area contributed by atoms with E-state index in [1.165, 1.54) is 12.8 Å². The molecule has 0 spiro atoms. The molecule has 0 bridgehead atoms. The maximum Gasteiger partial charge on any atom is 0.143 e. The molecular formula is C11H12ClN5. The molecule has 0 aliphatic heterocycles. The fourth-order valence-corrected chi connectivity index (χ4v) is 1.83. The Morgan fingerprint density at radius 3 is 3.00 bits per heavy atom. The highest BCUT2D eigenvalue weighted by molar-refractivity contribution is 6.33. The predicted molar refractivity (Wildman–Crippen MR) is 65.4 cm³/mol. The van der Waals surface area contributed by atoms with Crippen LogP contribution in [0.25, 0.3) is 5.69 Å². The number of anilines is 1. The van der Waals surface area contributed by atoms with Crippen LogP contribution in [-0.4, -0.2) is 26.8 Å². The summed E-state index contributed by atoms with van der Waals surface area (Å²) in [4.78, 5) is 0. The monoisotopic (exact) mass is 249 g/mol. The summed E-state index contributed by atoms with van der Waals surface area (Å²) in [7, 11) is 0. The number of rotatable bonds is 4. The minimum Gasteiger partial charge on any atom is -0.384 e. The summed E-state index contributed by atoms with van der Waals surface area (Å²) in [6.07, 6.45) is 4.20. The standard InChI is InChI=1S/C11H12ClN5/c12-10-4-3-9(17-7-14-15-16-17)5-11(10)13-6-8-1-2-8/h3-5,7-8,13H,1-2,6H2. The van der Waals surface area contributed by atoms with Gasteiger partial charge in [0.05, 0.1) is 16.4 Å². The van der Waals surface area contributed by atoms with E-state index in [0.29, 0.717) is 0 Å². The number of aromatic nitrogens is 4. The molecule has 0 unspecified atom stereocenters. The van der Waals surface area contributed by atoms with E-state index in [-0.39, 0.29) is 0 Å². The normalized spacial score (nSPS) is 14.9. The summed E-state index contributed by atoms with van der Waals surface area (Å²) in [5, 5.41) is 15.2. The van der Waals surface area contributed by atoms with Crippen molar-refractivity contribution in [2.45, 2.75) is 12.8 Å². The van der Waals surface area contributed by atoms with Crippen LogP contribution in [0.1, 0.15) is 12.8 Å². The van der Waals surface area contributed by atoms with Crippen molar-refractivity contribution in [2.24, 2.45) is 5.92 Å². The summed E-state index contributed by atoms with van der Waals surface area (Å²) >= 11 is 6.14. The van der Waals surface area contributed by atoms with Crippen LogP contribution >= 0.6 is 11.6 Å². The van der Waals surface area contributed by atoms with Crippen molar-refractivity contribution >= 4 is 17.3 Å². The molecule has 1 aliphatic rings. The summed E-state index contributed by atoms with van der Waals surface area (Å²) in [6, 6.07) is 5.70. The average Bonchev–Trinajstić information content (AvgIpc) is 3.00. The predicted octanol–water partition coefficient (Wildman–Crippen LogP) is 2.14. The molecule has 1 aromatic heterocycles. The summed E-state index contributed by atoms with van der Waals surface area (Å²) in [6.45, 7) is 0.985. The molecule has 1 aliphatic carbocycles. The largest absolute Gasteiger partial charge is 0.384 e. The van der Waals surface area contributed by atoms with Crippen LogP contribution in [0.3, 0.4) is 0 Å². The molecular weight excluding hydrogens is 238 g/mol. The number of halogens is 1. The molecule has 2 aromatic rings. The molecule has 1 heterocycles. The third-order valence-electron chi connectivity index (χ3n) is 2.84. The van der Waals surface area contributed by atoms with Gasteiger partial charge in [-0.15, -0.1) is 5.10 Å². The number of hydrogen-bond acceptors (Lipinski definition) is 4. The molecule has 1 saturated carbocycles. The number of nitrogens with one attached hydrogen (secondary N) is 1. The van der Waals surface area contributed by atoms with Crippen LogP contribution in [0.2, 0.25) is 5.02 Å². The van der Waals surface area contributed by atoms with Gasteiger partial charge in [-0.2, -0.15) is 0 Å². The van der Waals surface area contributed by atoms with Crippen LogP contribution in [0, 0.1) is 5.92 Å². The van der Waals surface area contributed by atoms with Crippen molar-refractivity contribution in [1.29, 1.82) is 0 Å². The Bertz CT molecular complexity index is 507. The molecule has 88 valence electrons. The zero-order chi connectivity index (χ0) is 11.7. The topological polar surface area (TPSA) is 55.6 Å². The molecule has 1 fully saturated rings. The minimum atomic E-state index is 0.725. The third kappa shape index (κ3) is 2.39. The number of nitrogens with zero attached hydrogens (tertiary/aromatic N) is 4. The second kappa shape index (κ2) is 4.33. The zero-order valence-corrected chi connectivity index (χ0v) is 9.93. The Morgan fingerprint density at radius 2 is 2.29 bits per heavy atom. The Morgan fingerprint density at radius 1 is 1.41 bits per heavy atom. The lowest BCUT2D eigenvalue weighted by atomic mass is 10.2. The lowest BCUT2D eigenvalue weighted by Crippen LogP contribution is -2.05. The fraction of sp³-hybridized carbons (Fsp3) is 0.364. The third-order valence-corrected chi connectivity index (χ3v) is 3.17. The van der Waals surface area contributed by atoms with E-state index in [4.69, 9.17) is 11.6 Å². The molecule has 3 rings (SSSR count). The van der Waals surface area contributed by atoms with Crippen molar-refractivity contribution in [2.75, 3.05) is 11.9 Å². The Hall–Kier alpha value is -1.62. The molecule has 0 atom stereocenters. The van der Waals surface area contributed by atoms with Crippen molar-refractivity contribution in [1.82, 2.24) is 20.2 Å². The smallest absolute Gasteiger partial charge is 0.143 e. The fourth-order valence-electron chi connectivity index (χ4n) is 1.65. The lowest BCUT2D eigenvalue weighted by Gasteiger charge is -2.09. The molecule has 5 nitrogen and oxygen atoms in total. The van der Waals surface area contributed by atoms with Gasteiger partial charge in [-0.1, -0.05) is 11.6 Å². The van der Waals surface area contributed by atoms with Gasteiger partial charge in [0.25, 0.3) is 0 Å². The van der Waals surface area contributed by atoms with E-state index in [1.807, 2.05) is 18.2 Å². The molecule has 17 heavy (non-hydrogen) atoms. The SMILES string of the molecule is Clc1ccc(-n2cnnn2)cc1NCC1CC1. The van der Waals surface area contributed by atoms with Gasteiger partial charge in [0.2, 0.25) is 0 Å². The van der Waals surface area contributed by atoms with E-state index in [0.717, 1.165) is 28.9 Å². The van der Waals surface area contributed by atoms with Crippen molar-refractivity contribution in [3.8, 4) is 5.69 Å². The Labute approximate surface area is 104 Å². The Balaban J connectivity index is 1.83. The van der Waals surface area contributed by atoms with Crippen molar-refractivity contribution in [3.63, 3.8) is 0 Å². The number of tetrazole rings is 1. The molecule has 0 amide bonds. The van der Waals surface area contributed by atoms with Crippen LogP contribution < -0.4 is 5.32 Å². The first-order valence-corrected chi connectivity index (χ1v) is 5.97. The first kappa shape index (κ1) is 10.5. The van der Waals surface area contributed by atoms with Gasteiger partial charge < -0.3 is 5.32 Å². The van der Waals surface area contributed by atoms with E-state index >= 15 is 0 Å². The lowest BCUT2D eigenvalue weighted by molar-refractivity contribution is 0.789. The van der Waals surface area contributed by atoms with Gasteiger partial charge in [0, 0.05) is 6.54 Å². The molecule has 0 radical (unpaired) electrons. The molecule has 6 heteroatoms. The first-order chi connectivity index (χ1) is 8.33. The van der Waals surface area contributed by atoms with E-state index in [2.05, 4.69) is 20.8 Å². The highest BCUT2D eigenvalue weighted by Crippen LogP contribution is 2.31. The second-order valence-electron chi connectivity index (χ2n) is 4.24. The van der Waals surface area contributed by atoms with Crippen LogP contribution in [0.5, 0.6) is 0 Å². The number of hydrogen-bond donors (Lipinski definition) is 1. The van der Waals surface area contributed by atoms with E-state index < -0.39 is 0 Å². The van der Waals surface area contributed by atoms with Gasteiger partial charge in [0.1, 0.15) is 6.33 Å². The van der Waals surface area contributed by atoms with E-state index in [1.54, 1.807) is 11.0 Å². The maximum atomic E-state index is 6.14. The van der Waals surface area contributed by atoms with E-state index in [9.17, 15) is 0 Å². The maximum absolute atomic E-state index is 6.14. The highest BCUT2D eigenvalue weighted by atomic mass is 35.5. The van der Waals surface area contributed by atoms with Gasteiger partial charge >= 0.3 is 0 Å². The van der Waals surface area contributed by atoms with Crippen LogP contribution in [-0.2, 0) is 0 Å². The van der Waals surface area contributed by atoms with Gasteiger partial charge in [-0.25, -0.2) is 4.68 Å². The summed E-state index contributed by atoms with van der Waals surface area (Å²) < 4.78 is 1.61. The van der Waals surface area contributed by atoms with Crippen LogP contribution in [0.4, 0.5) is 5.69 Å². The van der Waals surface area contributed by atoms with Gasteiger partial charge in [-0.05, 0) is 47.4 Å². The molecule has 1 aromatic carbocycles. The Kier molecular flexibility index (Phi) is 2.68. The van der Waals surface area contributed by atoms with Crippen molar-refractivity contribution in [3.05, 3.63) is 29.5 Å². The summed E-state index contributed by atoms with van der Waals surface area (Å²) in [5.74, 6) is 0.808.